The maximum atomic E-state index is 6.09. The Kier molecular flexibility index (Phi) is 6.22. The van der Waals surface area contributed by atoms with E-state index in [-0.39, 0.29) is 5.54 Å². The Bertz CT molecular complexity index is 403. The molecule has 1 fully saturated rings. The highest BCUT2D eigenvalue weighted by molar-refractivity contribution is 5.15. The first-order valence-corrected chi connectivity index (χ1v) is 8.21. The lowest BCUT2D eigenvalue weighted by molar-refractivity contribution is -0.0209. The molecule has 2 unspecified atom stereocenters. The fourth-order valence-electron chi connectivity index (χ4n) is 2.98. The lowest BCUT2D eigenvalue weighted by Crippen LogP contribution is -2.52. The fourth-order valence-corrected chi connectivity index (χ4v) is 2.98. The third-order valence-electron chi connectivity index (χ3n) is 4.91. The molecule has 1 aliphatic heterocycles. The molecule has 0 bridgehead atoms. The van der Waals surface area contributed by atoms with Gasteiger partial charge in [-0.2, -0.15) is 0 Å². The van der Waals surface area contributed by atoms with E-state index in [0.717, 1.165) is 26.0 Å². The number of nitrogens with two attached hydrogens (primary N) is 1. The van der Waals surface area contributed by atoms with Crippen molar-refractivity contribution < 1.29 is 4.74 Å². The predicted octanol–water partition coefficient (Wildman–Crippen LogP) is 2.84. The average Bonchev–Trinajstić information content (AvgIpc) is 2.54. The first kappa shape index (κ1) is 16.5. The molecular weight excluding hydrogens is 260 g/mol. The molecule has 118 valence electrons. The van der Waals surface area contributed by atoms with Gasteiger partial charge in [-0.05, 0) is 51.6 Å². The Hall–Kier alpha value is -0.900. The molecule has 0 saturated carbocycles. The predicted molar refractivity (Wildman–Crippen MR) is 88.4 cm³/mol. The summed E-state index contributed by atoms with van der Waals surface area (Å²) in [4.78, 5) is 2.41. The molecule has 3 heteroatoms. The standard InChI is InChI=1S/C18H30N2O/c1-18(15-19,12-11-16-8-4-3-5-9-16)20(2)14-17-10-6-7-13-21-17/h3-5,8-9,17H,6-7,10-15,19H2,1-2H3. The third kappa shape index (κ3) is 4.80. The zero-order valence-corrected chi connectivity index (χ0v) is 13.6. The molecule has 0 amide bonds. The van der Waals surface area contributed by atoms with Gasteiger partial charge in [-0.15, -0.1) is 0 Å². The van der Waals surface area contributed by atoms with Crippen LogP contribution in [0.3, 0.4) is 0 Å². The normalized spacial score (nSPS) is 22.2. The molecule has 21 heavy (non-hydrogen) atoms. The SMILES string of the molecule is CN(CC1CCCCO1)C(C)(CN)CCc1ccccc1. The summed E-state index contributed by atoms with van der Waals surface area (Å²) in [6, 6.07) is 10.7. The highest BCUT2D eigenvalue weighted by Crippen LogP contribution is 2.22. The van der Waals surface area contributed by atoms with Crippen molar-refractivity contribution in [3.63, 3.8) is 0 Å². The molecule has 2 rings (SSSR count). The molecule has 0 aromatic heterocycles. The van der Waals surface area contributed by atoms with Gasteiger partial charge >= 0.3 is 0 Å². The highest BCUT2D eigenvalue weighted by Gasteiger charge is 2.29. The van der Waals surface area contributed by atoms with Gasteiger partial charge in [0.2, 0.25) is 0 Å². The number of likely N-dealkylation sites (N-methyl/N-ethyl adjacent to an activating group) is 1. The van der Waals surface area contributed by atoms with Crippen molar-refractivity contribution in [3.05, 3.63) is 35.9 Å². The second-order valence-corrected chi connectivity index (χ2v) is 6.56. The lowest BCUT2D eigenvalue weighted by atomic mass is 9.91. The number of benzene rings is 1. The van der Waals surface area contributed by atoms with Crippen molar-refractivity contribution in [1.29, 1.82) is 0 Å². The lowest BCUT2D eigenvalue weighted by Gasteiger charge is -2.40. The average molecular weight is 290 g/mol. The van der Waals surface area contributed by atoms with E-state index in [0.29, 0.717) is 12.6 Å². The first-order valence-electron chi connectivity index (χ1n) is 8.21. The van der Waals surface area contributed by atoms with Crippen LogP contribution in [0.5, 0.6) is 0 Å². The van der Waals surface area contributed by atoms with Crippen molar-refractivity contribution in [2.75, 3.05) is 26.7 Å². The summed E-state index contributed by atoms with van der Waals surface area (Å²) in [5, 5.41) is 0. The van der Waals surface area contributed by atoms with Crippen molar-refractivity contribution in [2.24, 2.45) is 5.73 Å². The zero-order chi connectivity index (χ0) is 15.1. The van der Waals surface area contributed by atoms with Gasteiger partial charge in [0.15, 0.2) is 0 Å². The summed E-state index contributed by atoms with van der Waals surface area (Å²) < 4.78 is 5.87. The van der Waals surface area contributed by atoms with Gasteiger partial charge in [0.1, 0.15) is 0 Å². The van der Waals surface area contributed by atoms with E-state index in [1.165, 1.54) is 24.8 Å². The monoisotopic (exact) mass is 290 g/mol. The topological polar surface area (TPSA) is 38.5 Å². The summed E-state index contributed by atoms with van der Waals surface area (Å²) >= 11 is 0. The Morgan fingerprint density at radius 1 is 1.29 bits per heavy atom. The van der Waals surface area contributed by atoms with E-state index >= 15 is 0 Å². The van der Waals surface area contributed by atoms with Crippen molar-refractivity contribution >= 4 is 0 Å². The van der Waals surface area contributed by atoms with Crippen molar-refractivity contribution in [2.45, 2.75) is 50.7 Å². The Morgan fingerprint density at radius 3 is 2.67 bits per heavy atom. The van der Waals surface area contributed by atoms with Crippen LogP contribution in [0.25, 0.3) is 0 Å². The van der Waals surface area contributed by atoms with Crippen molar-refractivity contribution in [3.8, 4) is 0 Å². The molecule has 1 saturated heterocycles. The van der Waals surface area contributed by atoms with E-state index in [2.05, 4.69) is 49.2 Å². The number of ether oxygens (including phenoxy) is 1. The molecule has 2 N–H and O–H groups in total. The van der Waals surface area contributed by atoms with Crippen molar-refractivity contribution in [1.82, 2.24) is 4.90 Å². The van der Waals surface area contributed by atoms with Crippen LogP contribution in [-0.2, 0) is 11.2 Å². The minimum atomic E-state index is 0.0383. The molecule has 1 heterocycles. The van der Waals surface area contributed by atoms with Gasteiger partial charge in [-0.25, -0.2) is 0 Å². The first-order chi connectivity index (χ1) is 10.1. The summed E-state index contributed by atoms with van der Waals surface area (Å²) in [6.45, 7) is 4.87. The van der Waals surface area contributed by atoms with Gasteiger partial charge in [-0.1, -0.05) is 30.3 Å². The molecule has 1 aromatic rings. The van der Waals surface area contributed by atoms with Crippen LogP contribution in [0, 0.1) is 0 Å². The molecule has 1 aromatic carbocycles. The van der Waals surface area contributed by atoms with Gasteiger partial charge in [0.05, 0.1) is 6.10 Å². The smallest absolute Gasteiger partial charge is 0.0702 e. The number of nitrogens with zero attached hydrogens (tertiary/aromatic N) is 1. The minimum absolute atomic E-state index is 0.0383. The molecule has 2 atom stereocenters. The van der Waals surface area contributed by atoms with Crippen LogP contribution in [0.2, 0.25) is 0 Å². The number of aryl methyl sites for hydroxylation is 1. The zero-order valence-electron chi connectivity index (χ0n) is 13.6. The van der Waals surface area contributed by atoms with Crippen LogP contribution in [0.15, 0.2) is 30.3 Å². The molecular formula is C18H30N2O. The van der Waals surface area contributed by atoms with E-state index < -0.39 is 0 Å². The molecule has 0 aliphatic carbocycles. The van der Waals surface area contributed by atoms with Crippen LogP contribution in [-0.4, -0.2) is 43.3 Å². The number of hydrogen-bond donors (Lipinski definition) is 1. The van der Waals surface area contributed by atoms with Crippen LogP contribution in [0.1, 0.15) is 38.2 Å². The van der Waals surface area contributed by atoms with E-state index in [4.69, 9.17) is 10.5 Å². The summed E-state index contributed by atoms with van der Waals surface area (Å²) in [6.07, 6.45) is 6.22. The minimum Gasteiger partial charge on any atom is -0.377 e. The molecule has 3 nitrogen and oxygen atoms in total. The fraction of sp³-hybridized carbons (Fsp3) is 0.667. The molecule has 0 radical (unpaired) electrons. The quantitative estimate of drug-likeness (QED) is 0.839. The van der Waals surface area contributed by atoms with Crippen LogP contribution in [0.4, 0.5) is 0 Å². The van der Waals surface area contributed by atoms with E-state index in [9.17, 15) is 0 Å². The van der Waals surface area contributed by atoms with Crippen LogP contribution < -0.4 is 5.73 Å². The third-order valence-corrected chi connectivity index (χ3v) is 4.91. The highest BCUT2D eigenvalue weighted by atomic mass is 16.5. The van der Waals surface area contributed by atoms with Gasteiger partial charge in [0.25, 0.3) is 0 Å². The summed E-state index contributed by atoms with van der Waals surface area (Å²) in [5.74, 6) is 0. The summed E-state index contributed by atoms with van der Waals surface area (Å²) in [7, 11) is 2.19. The summed E-state index contributed by atoms with van der Waals surface area (Å²) in [5.41, 5.74) is 7.52. The van der Waals surface area contributed by atoms with Gasteiger partial charge in [0, 0.05) is 25.2 Å². The molecule has 0 spiro atoms. The maximum absolute atomic E-state index is 6.09. The second-order valence-electron chi connectivity index (χ2n) is 6.56. The van der Waals surface area contributed by atoms with Gasteiger partial charge < -0.3 is 10.5 Å². The van der Waals surface area contributed by atoms with Crippen LogP contribution >= 0.6 is 0 Å². The van der Waals surface area contributed by atoms with Gasteiger partial charge in [-0.3, -0.25) is 4.90 Å². The second kappa shape index (κ2) is 7.92. The maximum Gasteiger partial charge on any atom is 0.0702 e. The molecule has 1 aliphatic rings. The van der Waals surface area contributed by atoms with E-state index in [1.807, 2.05) is 0 Å². The van der Waals surface area contributed by atoms with E-state index in [1.54, 1.807) is 0 Å². The number of rotatable bonds is 7. The largest absolute Gasteiger partial charge is 0.377 e. The Labute approximate surface area is 129 Å². The Morgan fingerprint density at radius 2 is 2.05 bits per heavy atom. The Balaban J connectivity index is 1.88. The number of hydrogen-bond acceptors (Lipinski definition) is 3.